The second kappa shape index (κ2) is 6.24. The van der Waals surface area contributed by atoms with Gasteiger partial charge in [-0.15, -0.1) is 0 Å². The number of ether oxygens (including phenoxy) is 1. The molecule has 1 N–H and O–H groups in total. The lowest BCUT2D eigenvalue weighted by Crippen LogP contribution is -2.06. The Bertz CT molecular complexity index is 1070. The van der Waals surface area contributed by atoms with Gasteiger partial charge in [0.15, 0.2) is 5.58 Å². The van der Waals surface area contributed by atoms with Gasteiger partial charge >= 0.3 is 5.97 Å². The van der Waals surface area contributed by atoms with E-state index >= 15 is 0 Å². The zero-order valence-corrected chi connectivity index (χ0v) is 13.5. The summed E-state index contributed by atoms with van der Waals surface area (Å²) >= 11 is 0. The van der Waals surface area contributed by atoms with E-state index in [9.17, 15) is 4.79 Å². The van der Waals surface area contributed by atoms with Gasteiger partial charge in [0, 0.05) is 23.2 Å². The largest absolute Gasteiger partial charge is 0.460 e. The molecule has 1 aromatic carbocycles. The summed E-state index contributed by atoms with van der Waals surface area (Å²) < 4.78 is 10.7. The molecule has 0 saturated heterocycles. The number of rotatable bonds is 4. The van der Waals surface area contributed by atoms with E-state index in [0.717, 1.165) is 16.2 Å². The minimum Gasteiger partial charge on any atom is -0.460 e. The van der Waals surface area contributed by atoms with Gasteiger partial charge in [-0.05, 0) is 24.4 Å². The van der Waals surface area contributed by atoms with Crippen LogP contribution in [0.25, 0.3) is 21.7 Å². The number of anilines is 2. The van der Waals surface area contributed by atoms with Crippen molar-refractivity contribution in [2.75, 3.05) is 11.9 Å². The predicted molar refractivity (Wildman–Crippen MR) is 95.0 cm³/mol. The average molecular weight is 333 g/mol. The maximum absolute atomic E-state index is 12.2. The quantitative estimate of drug-likeness (QED) is 0.561. The van der Waals surface area contributed by atoms with Crippen molar-refractivity contribution in [1.82, 2.24) is 9.97 Å². The van der Waals surface area contributed by atoms with Crippen molar-refractivity contribution >= 4 is 39.2 Å². The summed E-state index contributed by atoms with van der Waals surface area (Å²) in [5, 5.41) is 6.03. The molecular formula is C19H15N3O3. The number of hydrogen-bond acceptors (Lipinski definition) is 6. The third-order valence-electron chi connectivity index (χ3n) is 3.84. The van der Waals surface area contributed by atoms with Crippen molar-refractivity contribution in [2.45, 2.75) is 6.92 Å². The summed E-state index contributed by atoms with van der Waals surface area (Å²) in [5.41, 5.74) is 1.03. The van der Waals surface area contributed by atoms with E-state index in [4.69, 9.17) is 9.15 Å². The highest BCUT2D eigenvalue weighted by molar-refractivity contribution is 6.05. The van der Waals surface area contributed by atoms with Crippen LogP contribution in [0.5, 0.6) is 0 Å². The van der Waals surface area contributed by atoms with Crippen LogP contribution in [0.1, 0.15) is 17.5 Å². The van der Waals surface area contributed by atoms with Crippen LogP contribution in [-0.4, -0.2) is 22.5 Å². The van der Waals surface area contributed by atoms with E-state index in [-0.39, 0.29) is 12.4 Å². The zero-order chi connectivity index (χ0) is 17.2. The molecule has 6 heteroatoms. The average Bonchev–Trinajstić information content (AvgIpc) is 3.01. The summed E-state index contributed by atoms with van der Waals surface area (Å²) in [6.45, 7) is 2.02. The summed E-state index contributed by atoms with van der Waals surface area (Å²) in [6.07, 6.45) is 4.99. The summed E-state index contributed by atoms with van der Waals surface area (Å²) in [7, 11) is 0. The van der Waals surface area contributed by atoms with Gasteiger partial charge in [-0.25, -0.2) is 9.78 Å². The fourth-order valence-corrected chi connectivity index (χ4v) is 2.70. The molecule has 4 aromatic rings. The maximum Gasteiger partial charge on any atom is 0.376 e. The first kappa shape index (κ1) is 15.1. The van der Waals surface area contributed by atoms with E-state index in [1.54, 1.807) is 31.6 Å². The Morgan fingerprint density at radius 1 is 1.20 bits per heavy atom. The molecule has 3 aromatic heterocycles. The fraction of sp³-hybridized carbons (Fsp3) is 0.105. The molecule has 0 unspecified atom stereocenters. The fourth-order valence-electron chi connectivity index (χ4n) is 2.70. The van der Waals surface area contributed by atoms with Gasteiger partial charge in [-0.2, -0.15) is 0 Å². The van der Waals surface area contributed by atoms with Gasteiger partial charge < -0.3 is 14.5 Å². The number of carbonyl (C=O) groups is 1. The van der Waals surface area contributed by atoms with Crippen LogP contribution >= 0.6 is 0 Å². The molecule has 0 aliphatic heterocycles. The molecule has 124 valence electrons. The Labute approximate surface area is 143 Å². The molecule has 4 rings (SSSR count). The third kappa shape index (κ3) is 2.78. The molecule has 3 heterocycles. The van der Waals surface area contributed by atoms with E-state index in [1.165, 1.54) is 0 Å². The number of fused-ring (bicyclic) bond motifs is 2. The number of aromatic nitrogens is 2. The number of pyridine rings is 2. The smallest absolute Gasteiger partial charge is 0.376 e. The number of nitrogens with one attached hydrogen (secondary N) is 1. The number of furan rings is 1. The Morgan fingerprint density at radius 3 is 2.88 bits per heavy atom. The second-order valence-electron chi connectivity index (χ2n) is 5.44. The number of carbonyl (C=O) groups excluding carboxylic acids is 1. The van der Waals surface area contributed by atoms with Crippen LogP contribution in [0.4, 0.5) is 11.5 Å². The summed E-state index contributed by atoms with van der Waals surface area (Å²) in [6, 6.07) is 11.6. The third-order valence-corrected chi connectivity index (χ3v) is 3.84. The van der Waals surface area contributed by atoms with Crippen molar-refractivity contribution in [3.05, 3.63) is 60.7 Å². The minimum atomic E-state index is -0.526. The molecule has 0 aliphatic carbocycles. The molecule has 0 atom stereocenters. The standard InChI is InChI=1S/C19H15N3O3/c1-2-24-19(23)18-17(14-7-8-20-11-15(14)25-18)22-16-9-12-5-3-4-6-13(12)10-21-16/h3-11H,2H2,1H3,(H,21,22). The molecule has 0 spiro atoms. The number of esters is 1. The van der Waals surface area contributed by atoms with Gasteiger partial charge in [0.25, 0.3) is 0 Å². The molecule has 0 aliphatic rings. The first-order chi connectivity index (χ1) is 12.3. The van der Waals surface area contributed by atoms with Crippen LogP contribution in [0.15, 0.2) is 59.4 Å². The lowest BCUT2D eigenvalue weighted by Gasteiger charge is -2.07. The van der Waals surface area contributed by atoms with Gasteiger partial charge in [0.2, 0.25) is 5.76 Å². The molecule has 0 radical (unpaired) electrons. The summed E-state index contributed by atoms with van der Waals surface area (Å²) in [4.78, 5) is 20.7. The van der Waals surface area contributed by atoms with E-state index in [2.05, 4.69) is 15.3 Å². The van der Waals surface area contributed by atoms with Crippen molar-refractivity contribution in [2.24, 2.45) is 0 Å². The lowest BCUT2D eigenvalue weighted by molar-refractivity contribution is 0.0494. The van der Waals surface area contributed by atoms with Crippen LogP contribution in [0, 0.1) is 0 Å². The molecule has 6 nitrogen and oxygen atoms in total. The normalized spacial score (nSPS) is 10.9. The number of hydrogen-bond donors (Lipinski definition) is 1. The SMILES string of the molecule is CCOC(=O)c1oc2cnccc2c1Nc1cc2ccccc2cn1. The van der Waals surface area contributed by atoms with Crippen molar-refractivity contribution in [1.29, 1.82) is 0 Å². The molecule has 25 heavy (non-hydrogen) atoms. The van der Waals surface area contributed by atoms with Gasteiger partial charge in [-0.3, -0.25) is 4.98 Å². The predicted octanol–water partition coefficient (Wildman–Crippen LogP) is 4.30. The van der Waals surface area contributed by atoms with Crippen LogP contribution in [0.3, 0.4) is 0 Å². The highest BCUT2D eigenvalue weighted by Gasteiger charge is 2.22. The first-order valence-corrected chi connectivity index (χ1v) is 7.91. The minimum absolute atomic E-state index is 0.111. The highest BCUT2D eigenvalue weighted by Crippen LogP contribution is 2.33. The van der Waals surface area contributed by atoms with Gasteiger partial charge in [0.1, 0.15) is 11.5 Å². The topological polar surface area (TPSA) is 77.2 Å². The van der Waals surface area contributed by atoms with Crippen LogP contribution < -0.4 is 5.32 Å². The number of nitrogens with zero attached hydrogens (tertiary/aromatic N) is 2. The Kier molecular flexibility index (Phi) is 3.78. The monoisotopic (exact) mass is 333 g/mol. The Hall–Kier alpha value is -3.41. The number of benzene rings is 1. The van der Waals surface area contributed by atoms with Crippen molar-refractivity contribution < 1.29 is 13.9 Å². The van der Waals surface area contributed by atoms with Crippen LogP contribution in [0.2, 0.25) is 0 Å². The van der Waals surface area contributed by atoms with Crippen molar-refractivity contribution in [3.63, 3.8) is 0 Å². The maximum atomic E-state index is 12.2. The van der Waals surface area contributed by atoms with E-state index < -0.39 is 5.97 Å². The molecule has 0 saturated carbocycles. The van der Waals surface area contributed by atoms with Crippen LogP contribution in [-0.2, 0) is 4.74 Å². The second-order valence-corrected chi connectivity index (χ2v) is 5.44. The molecule has 0 bridgehead atoms. The Balaban J connectivity index is 1.81. The lowest BCUT2D eigenvalue weighted by atomic mass is 10.2. The van der Waals surface area contributed by atoms with Gasteiger partial charge in [0.05, 0.1) is 12.8 Å². The summed E-state index contributed by atoms with van der Waals surface area (Å²) in [5.74, 6) is 0.200. The molecular weight excluding hydrogens is 318 g/mol. The Morgan fingerprint density at radius 2 is 2.04 bits per heavy atom. The molecule has 0 amide bonds. The highest BCUT2D eigenvalue weighted by atomic mass is 16.5. The zero-order valence-electron chi connectivity index (χ0n) is 13.5. The van der Waals surface area contributed by atoms with E-state index in [1.807, 2.05) is 30.3 Å². The first-order valence-electron chi connectivity index (χ1n) is 7.91. The van der Waals surface area contributed by atoms with E-state index in [0.29, 0.717) is 17.1 Å². The molecule has 0 fully saturated rings. The van der Waals surface area contributed by atoms with Crippen molar-refractivity contribution in [3.8, 4) is 0 Å². The van der Waals surface area contributed by atoms with Gasteiger partial charge in [-0.1, -0.05) is 24.3 Å².